The molecule has 0 unspecified atom stereocenters. The van der Waals surface area contributed by atoms with Gasteiger partial charge in [-0.05, 0) is 43.3 Å². The number of anilines is 1. The third-order valence-corrected chi connectivity index (χ3v) is 3.33. The lowest BCUT2D eigenvalue weighted by Gasteiger charge is -2.13. The Kier molecular flexibility index (Phi) is 5.84. The average Bonchev–Trinajstić information content (AvgIpc) is 3.01. The maximum absolute atomic E-state index is 12.0. The molecule has 1 amide bonds. The molecule has 1 N–H and O–H groups in total. The number of hydrogen-bond donors (Lipinski definition) is 1. The summed E-state index contributed by atoms with van der Waals surface area (Å²) >= 11 is 11.7. The highest BCUT2D eigenvalue weighted by Gasteiger charge is 2.17. The van der Waals surface area contributed by atoms with E-state index in [0.29, 0.717) is 21.5 Å². The number of halogens is 2. The lowest BCUT2D eigenvalue weighted by molar-refractivity contribution is -0.148. The van der Waals surface area contributed by atoms with Gasteiger partial charge in [-0.3, -0.25) is 4.79 Å². The monoisotopic (exact) mass is 353 g/mol. The van der Waals surface area contributed by atoms with Crippen LogP contribution in [0.5, 0.6) is 0 Å². The van der Waals surface area contributed by atoms with Crippen LogP contribution >= 0.6 is 23.2 Å². The molecule has 1 atom stereocenters. The Labute approximate surface area is 142 Å². The number of hydrogen-bond acceptors (Lipinski definition) is 4. The molecule has 1 heterocycles. The first-order chi connectivity index (χ1) is 11.0. The number of amides is 1. The molecule has 0 aliphatic rings. The number of esters is 1. The maximum atomic E-state index is 12.0. The van der Waals surface area contributed by atoms with E-state index in [-0.39, 0.29) is 0 Å². The number of nitrogens with one attached hydrogen (secondary N) is 1. The topological polar surface area (TPSA) is 68.5 Å². The van der Waals surface area contributed by atoms with Crippen molar-refractivity contribution in [2.24, 2.45) is 0 Å². The largest absolute Gasteiger partial charge is 0.465 e. The van der Waals surface area contributed by atoms with E-state index in [0.717, 1.165) is 0 Å². The normalized spacial score (nSPS) is 12.1. The van der Waals surface area contributed by atoms with E-state index in [1.807, 2.05) is 0 Å². The molecule has 0 aliphatic carbocycles. The fourth-order valence-corrected chi connectivity index (χ4v) is 2.08. The highest BCUT2D eigenvalue weighted by Crippen LogP contribution is 2.25. The highest BCUT2D eigenvalue weighted by molar-refractivity contribution is 6.36. The van der Waals surface area contributed by atoms with Crippen LogP contribution in [0.3, 0.4) is 0 Å². The summed E-state index contributed by atoms with van der Waals surface area (Å²) in [7, 11) is 0. The molecule has 0 saturated heterocycles. The average molecular weight is 354 g/mol. The van der Waals surface area contributed by atoms with E-state index in [4.69, 9.17) is 32.4 Å². The standard InChI is InChI=1S/C16H13Cl2NO4/c1-10(23-15(20)7-5-12-3-2-8-22-12)16(21)19-14-6-4-11(17)9-13(14)18/h2-10H,1H3,(H,19,21)/b7-5+/t10-/m1/s1. The van der Waals surface area contributed by atoms with Crippen molar-refractivity contribution in [3.05, 3.63) is 58.5 Å². The SMILES string of the molecule is C[C@@H](OC(=O)/C=C/c1ccco1)C(=O)Nc1ccc(Cl)cc1Cl. The Morgan fingerprint density at radius 2 is 2.09 bits per heavy atom. The van der Waals surface area contributed by atoms with Gasteiger partial charge < -0.3 is 14.5 Å². The molecule has 7 heteroatoms. The van der Waals surface area contributed by atoms with Gasteiger partial charge in [-0.1, -0.05) is 23.2 Å². The van der Waals surface area contributed by atoms with Gasteiger partial charge in [0, 0.05) is 11.1 Å². The Morgan fingerprint density at radius 1 is 1.30 bits per heavy atom. The maximum Gasteiger partial charge on any atom is 0.331 e. The highest BCUT2D eigenvalue weighted by atomic mass is 35.5. The molecule has 120 valence electrons. The van der Waals surface area contributed by atoms with Crippen molar-refractivity contribution < 1.29 is 18.7 Å². The summed E-state index contributed by atoms with van der Waals surface area (Å²) in [6, 6.07) is 8.03. The van der Waals surface area contributed by atoms with E-state index in [1.165, 1.54) is 31.4 Å². The molecule has 2 rings (SSSR count). The van der Waals surface area contributed by atoms with Crippen LogP contribution in [0.15, 0.2) is 47.1 Å². The summed E-state index contributed by atoms with van der Waals surface area (Å²) in [5, 5.41) is 3.31. The smallest absolute Gasteiger partial charge is 0.331 e. The quantitative estimate of drug-likeness (QED) is 0.646. The van der Waals surface area contributed by atoms with Crippen LogP contribution in [0.4, 0.5) is 5.69 Å². The number of ether oxygens (including phenoxy) is 1. The molecule has 5 nitrogen and oxygen atoms in total. The lowest BCUT2D eigenvalue weighted by Crippen LogP contribution is -2.29. The van der Waals surface area contributed by atoms with Gasteiger partial charge in [-0.25, -0.2) is 4.79 Å². The second-order valence-electron chi connectivity index (χ2n) is 4.54. The summed E-state index contributed by atoms with van der Waals surface area (Å²) < 4.78 is 10.0. The van der Waals surface area contributed by atoms with E-state index >= 15 is 0 Å². The predicted octanol–water partition coefficient (Wildman–Crippen LogP) is 4.17. The van der Waals surface area contributed by atoms with Crippen LogP contribution in [-0.2, 0) is 14.3 Å². The number of furan rings is 1. The fourth-order valence-electron chi connectivity index (χ4n) is 1.63. The molecule has 0 bridgehead atoms. The number of rotatable bonds is 5. The second kappa shape index (κ2) is 7.85. The summed E-state index contributed by atoms with van der Waals surface area (Å²) in [6.07, 6.45) is 3.12. The lowest BCUT2D eigenvalue weighted by atomic mass is 10.3. The molecule has 23 heavy (non-hydrogen) atoms. The van der Waals surface area contributed by atoms with Gasteiger partial charge in [-0.15, -0.1) is 0 Å². The Bertz CT molecular complexity index is 726. The van der Waals surface area contributed by atoms with E-state index < -0.39 is 18.0 Å². The van der Waals surface area contributed by atoms with Gasteiger partial charge >= 0.3 is 5.97 Å². The third kappa shape index (κ3) is 5.16. The van der Waals surface area contributed by atoms with Crippen molar-refractivity contribution in [3.8, 4) is 0 Å². The molecular formula is C16H13Cl2NO4. The van der Waals surface area contributed by atoms with Crippen molar-refractivity contribution in [1.82, 2.24) is 0 Å². The van der Waals surface area contributed by atoms with Crippen LogP contribution in [-0.4, -0.2) is 18.0 Å². The van der Waals surface area contributed by atoms with Gasteiger partial charge in [-0.2, -0.15) is 0 Å². The summed E-state index contributed by atoms with van der Waals surface area (Å²) in [5.41, 5.74) is 0.384. The molecule has 0 aliphatic heterocycles. The molecule has 0 fully saturated rings. The summed E-state index contributed by atoms with van der Waals surface area (Å²) in [4.78, 5) is 23.6. The molecule has 0 spiro atoms. The van der Waals surface area contributed by atoms with Crippen LogP contribution < -0.4 is 5.32 Å². The summed E-state index contributed by atoms with van der Waals surface area (Å²) in [5.74, 6) is -0.660. The van der Waals surface area contributed by atoms with E-state index in [1.54, 1.807) is 24.3 Å². The molecule has 0 saturated carbocycles. The first-order valence-corrected chi connectivity index (χ1v) is 7.39. The predicted molar refractivity (Wildman–Crippen MR) is 88.4 cm³/mol. The van der Waals surface area contributed by atoms with Crippen molar-refractivity contribution in [2.45, 2.75) is 13.0 Å². The molecule has 1 aromatic heterocycles. The van der Waals surface area contributed by atoms with Crippen molar-refractivity contribution >= 4 is 46.8 Å². The van der Waals surface area contributed by atoms with E-state index in [9.17, 15) is 9.59 Å². The zero-order valence-corrected chi connectivity index (χ0v) is 13.6. The molecular weight excluding hydrogens is 341 g/mol. The van der Waals surface area contributed by atoms with Gasteiger partial charge in [0.15, 0.2) is 6.10 Å². The first-order valence-electron chi connectivity index (χ1n) is 6.64. The fraction of sp³-hybridized carbons (Fsp3) is 0.125. The Balaban J connectivity index is 1.90. The van der Waals surface area contributed by atoms with Crippen LogP contribution in [0, 0.1) is 0 Å². The van der Waals surface area contributed by atoms with Crippen molar-refractivity contribution in [2.75, 3.05) is 5.32 Å². The van der Waals surface area contributed by atoms with Gasteiger partial charge in [0.1, 0.15) is 5.76 Å². The van der Waals surface area contributed by atoms with Crippen molar-refractivity contribution in [3.63, 3.8) is 0 Å². The van der Waals surface area contributed by atoms with E-state index in [2.05, 4.69) is 5.32 Å². The van der Waals surface area contributed by atoms with Gasteiger partial charge in [0.25, 0.3) is 5.91 Å². The minimum Gasteiger partial charge on any atom is -0.465 e. The minimum atomic E-state index is -0.990. The van der Waals surface area contributed by atoms with Crippen LogP contribution in [0.25, 0.3) is 6.08 Å². The van der Waals surface area contributed by atoms with Crippen molar-refractivity contribution in [1.29, 1.82) is 0 Å². The van der Waals surface area contributed by atoms with Crippen LogP contribution in [0.2, 0.25) is 10.0 Å². The third-order valence-electron chi connectivity index (χ3n) is 2.78. The molecule has 2 aromatic rings. The zero-order chi connectivity index (χ0) is 16.8. The number of benzene rings is 1. The zero-order valence-electron chi connectivity index (χ0n) is 12.1. The Hall–Kier alpha value is -2.24. The number of carbonyl (C=O) groups excluding carboxylic acids is 2. The molecule has 0 radical (unpaired) electrons. The van der Waals surface area contributed by atoms with Gasteiger partial charge in [0.05, 0.1) is 17.0 Å². The van der Waals surface area contributed by atoms with Gasteiger partial charge in [0.2, 0.25) is 0 Å². The first kappa shape index (κ1) is 17.1. The second-order valence-corrected chi connectivity index (χ2v) is 5.38. The minimum absolute atomic E-state index is 0.294. The number of carbonyl (C=O) groups is 2. The summed E-state index contributed by atoms with van der Waals surface area (Å²) in [6.45, 7) is 1.46. The molecule has 1 aromatic carbocycles. The van der Waals surface area contributed by atoms with Crippen LogP contribution in [0.1, 0.15) is 12.7 Å². The Morgan fingerprint density at radius 3 is 2.74 bits per heavy atom.